The predicted octanol–water partition coefficient (Wildman–Crippen LogP) is 3.57. The predicted molar refractivity (Wildman–Crippen MR) is 88.4 cm³/mol. The molecule has 2 atom stereocenters. The fourth-order valence-electron chi connectivity index (χ4n) is 2.90. The SMILES string of the molecule is CCOC(C(N)Cc1ccn(C(CC)CC)n1)C(C)(C)C. The highest BCUT2D eigenvalue weighted by Gasteiger charge is 2.31. The summed E-state index contributed by atoms with van der Waals surface area (Å²) in [6.07, 6.45) is 5.09. The molecule has 0 spiro atoms. The van der Waals surface area contributed by atoms with E-state index in [2.05, 4.69) is 51.6 Å². The van der Waals surface area contributed by atoms with Crippen molar-refractivity contribution < 1.29 is 4.74 Å². The van der Waals surface area contributed by atoms with Gasteiger partial charge in [-0.2, -0.15) is 5.10 Å². The minimum Gasteiger partial charge on any atom is -0.376 e. The van der Waals surface area contributed by atoms with E-state index in [1.165, 1.54) is 0 Å². The van der Waals surface area contributed by atoms with E-state index in [1.54, 1.807) is 0 Å². The summed E-state index contributed by atoms with van der Waals surface area (Å²) in [6, 6.07) is 2.54. The molecule has 0 aliphatic carbocycles. The molecule has 0 bridgehead atoms. The molecule has 1 rings (SSSR count). The van der Waals surface area contributed by atoms with Gasteiger partial charge in [-0.05, 0) is 31.2 Å². The quantitative estimate of drug-likeness (QED) is 0.797. The zero-order chi connectivity index (χ0) is 16.0. The number of nitrogens with two attached hydrogens (primary N) is 1. The van der Waals surface area contributed by atoms with E-state index in [1.807, 2.05) is 6.92 Å². The number of hydrogen-bond donors (Lipinski definition) is 1. The summed E-state index contributed by atoms with van der Waals surface area (Å²) in [4.78, 5) is 0. The fourth-order valence-corrected chi connectivity index (χ4v) is 2.90. The van der Waals surface area contributed by atoms with Crippen molar-refractivity contribution in [1.29, 1.82) is 0 Å². The Morgan fingerprint density at radius 3 is 2.33 bits per heavy atom. The van der Waals surface area contributed by atoms with Crippen molar-refractivity contribution in [2.75, 3.05) is 6.61 Å². The first-order valence-corrected chi connectivity index (χ1v) is 8.24. The third kappa shape index (κ3) is 5.11. The van der Waals surface area contributed by atoms with Crippen molar-refractivity contribution in [1.82, 2.24) is 9.78 Å². The molecule has 4 nitrogen and oxygen atoms in total. The second-order valence-electron chi connectivity index (χ2n) is 6.87. The second-order valence-corrected chi connectivity index (χ2v) is 6.87. The van der Waals surface area contributed by atoms with Crippen LogP contribution in [-0.2, 0) is 11.2 Å². The van der Waals surface area contributed by atoms with Gasteiger partial charge in [0.2, 0.25) is 0 Å². The lowest BCUT2D eigenvalue weighted by Gasteiger charge is -2.34. The number of ether oxygens (including phenoxy) is 1. The maximum atomic E-state index is 6.40. The van der Waals surface area contributed by atoms with Crippen LogP contribution in [0.1, 0.15) is 66.1 Å². The summed E-state index contributed by atoms with van der Waals surface area (Å²) in [5, 5.41) is 4.70. The summed E-state index contributed by atoms with van der Waals surface area (Å²) in [5.41, 5.74) is 7.49. The Morgan fingerprint density at radius 2 is 1.86 bits per heavy atom. The van der Waals surface area contributed by atoms with Crippen molar-refractivity contribution >= 4 is 0 Å². The molecule has 0 aliphatic heterocycles. The van der Waals surface area contributed by atoms with Crippen LogP contribution in [0.4, 0.5) is 0 Å². The third-order valence-electron chi connectivity index (χ3n) is 4.01. The number of hydrogen-bond acceptors (Lipinski definition) is 3. The average Bonchev–Trinajstić information content (AvgIpc) is 2.84. The third-order valence-corrected chi connectivity index (χ3v) is 4.01. The molecule has 1 heterocycles. The van der Waals surface area contributed by atoms with Crippen LogP contribution in [0, 0.1) is 5.41 Å². The smallest absolute Gasteiger partial charge is 0.0777 e. The van der Waals surface area contributed by atoms with E-state index in [4.69, 9.17) is 15.6 Å². The van der Waals surface area contributed by atoms with E-state index in [0.717, 1.165) is 25.0 Å². The van der Waals surface area contributed by atoms with Crippen LogP contribution in [0.2, 0.25) is 0 Å². The van der Waals surface area contributed by atoms with Crippen LogP contribution >= 0.6 is 0 Å². The van der Waals surface area contributed by atoms with Crippen molar-refractivity contribution in [3.05, 3.63) is 18.0 Å². The molecular weight excluding hydrogens is 262 g/mol. The Hall–Kier alpha value is -0.870. The molecule has 2 N–H and O–H groups in total. The van der Waals surface area contributed by atoms with E-state index in [0.29, 0.717) is 12.6 Å². The molecule has 0 radical (unpaired) electrons. The largest absolute Gasteiger partial charge is 0.376 e. The first-order chi connectivity index (χ1) is 9.83. The van der Waals surface area contributed by atoms with Crippen LogP contribution in [0.25, 0.3) is 0 Å². The highest BCUT2D eigenvalue weighted by atomic mass is 16.5. The summed E-state index contributed by atoms with van der Waals surface area (Å²) in [5.74, 6) is 0. The van der Waals surface area contributed by atoms with Gasteiger partial charge in [-0.1, -0.05) is 34.6 Å². The summed E-state index contributed by atoms with van der Waals surface area (Å²) in [6.45, 7) is 13.6. The number of rotatable bonds is 8. The van der Waals surface area contributed by atoms with Crippen LogP contribution < -0.4 is 5.73 Å². The lowest BCUT2D eigenvalue weighted by atomic mass is 9.83. The molecule has 21 heavy (non-hydrogen) atoms. The Labute approximate surface area is 130 Å². The Morgan fingerprint density at radius 1 is 1.24 bits per heavy atom. The molecule has 0 aliphatic rings. The van der Waals surface area contributed by atoms with Gasteiger partial charge < -0.3 is 10.5 Å². The monoisotopic (exact) mass is 295 g/mol. The molecule has 4 heteroatoms. The van der Waals surface area contributed by atoms with Gasteiger partial charge in [0.15, 0.2) is 0 Å². The van der Waals surface area contributed by atoms with Crippen molar-refractivity contribution in [2.45, 2.75) is 79.0 Å². The summed E-state index contributed by atoms with van der Waals surface area (Å²) < 4.78 is 7.96. The molecule has 2 unspecified atom stereocenters. The van der Waals surface area contributed by atoms with Crippen molar-refractivity contribution in [3.63, 3.8) is 0 Å². The maximum absolute atomic E-state index is 6.40. The zero-order valence-electron chi connectivity index (χ0n) is 14.6. The van der Waals surface area contributed by atoms with Crippen LogP contribution in [-0.4, -0.2) is 28.5 Å². The summed E-state index contributed by atoms with van der Waals surface area (Å²) >= 11 is 0. The first kappa shape index (κ1) is 18.2. The van der Waals surface area contributed by atoms with Gasteiger partial charge in [-0.25, -0.2) is 0 Å². The molecular formula is C17H33N3O. The second kappa shape index (κ2) is 7.95. The average molecular weight is 295 g/mol. The minimum atomic E-state index is -0.0324. The molecule has 122 valence electrons. The first-order valence-electron chi connectivity index (χ1n) is 8.24. The van der Waals surface area contributed by atoms with Gasteiger partial charge in [0, 0.05) is 25.3 Å². The molecule has 1 aromatic rings. The standard InChI is InChI=1S/C17H33N3O/c1-7-14(8-2)20-11-10-13(19-20)12-15(18)16(21-9-3)17(4,5)6/h10-11,14-16H,7-9,12,18H2,1-6H3. The van der Waals surface area contributed by atoms with Crippen LogP contribution in [0.5, 0.6) is 0 Å². The molecule has 1 aromatic heterocycles. The van der Waals surface area contributed by atoms with Gasteiger partial charge in [-0.3, -0.25) is 4.68 Å². The zero-order valence-corrected chi connectivity index (χ0v) is 14.6. The molecule has 0 saturated heterocycles. The summed E-state index contributed by atoms with van der Waals surface area (Å²) in [7, 11) is 0. The highest BCUT2D eigenvalue weighted by Crippen LogP contribution is 2.26. The Bertz CT molecular complexity index is 404. The molecule has 0 fully saturated rings. The van der Waals surface area contributed by atoms with Crippen molar-refractivity contribution in [3.8, 4) is 0 Å². The lowest BCUT2D eigenvalue weighted by molar-refractivity contribution is -0.0276. The van der Waals surface area contributed by atoms with E-state index in [-0.39, 0.29) is 17.6 Å². The van der Waals surface area contributed by atoms with E-state index in [9.17, 15) is 0 Å². The normalized spacial score (nSPS) is 15.4. The topological polar surface area (TPSA) is 53.1 Å². The van der Waals surface area contributed by atoms with Gasteiger partial charge in [0.05, 0.1) is 17.8 Å². The Kier molecular flexibility index (Phi) is 6.88. The van der Waals surface area contributed by atoms with Gasteiger partial charge >= 0.3 is 0 Å². The van der Waals surface area contributed by atoms with Gasteiger partial charge in [0.25, 0.3) is 0 Å². The maximum Gasteiger partial charge on any atom is 0.0777 e. The molecule has 0 saturated carbocycles. The van der Waals surface area contributed by atoms with Crippen molar-refractivity contribution in [2.24, 2.45) is 11.1 Å². The number of aromatic nitrogens is 2. The lowest BCUT2D eigenvalue weighted by Crippen LogP contribution is -2.46. The van der Waals surface area contributed by atoms with Crippen LogP contribution in [0.15, 0.2) is 12.3 Å². The van der Waals surface area contributed by atoms with E-state index < -0.39 is 0 Å². The van der Waals surface area contributed by atoms with Gasteiger partial charge in [0.1, 0.15) is 0 Å². The molecule has 0 aromatic carbocycles. The number of nitrogens with zero attached hydrogens (tertiary/aromatic N) is 2. The van der Waals surface area contributed by atoms with E-state index >= 15 is 0 Å². The van der Waals surface area contributed by atoms with Crippen LogP contribution in [0.3, 0.4) is 0 Å². The van der Waals surface area contributed by atoms with Gasteiger partial charge in [-0.15, -0.1) is 0 Å². The molecule has 0 amide bonds. The minimum absolute atomic E-state index is 0.0324. The fraction of sp³-hybridized carbons (Fsp3) is 0.824. The Balaban J connectivity index is 2.75. The highest BCUT2D eigenvalue weighted by molar-refractivity contribution is 5.04.